The van der Waals surface area contributed by atoms with Gasteiger partial charge in [-0.1, -0.05) is 5.16 Å². The van der Waals surface area contributed by atoms with Crippen LogP contribution in [0.4, 0.5) is 5.69 Å². The van der Waals surface area contributed by atoms with E-state index in [1.54, 1.807) is 7.05 Å². The molecule has 2 aromatic heterocycles. The number of tetrazole rings is 1. The van der Waals surface area contributed by atoms with Gasteiger partial charge in [0.15, 0.2) is 5.84 Å². The first-order chi connectivity index (χ1) is 9.52. The maximum absolute atomic E-state index is 10.7. The van der Waals surface area contributed by atoms with E-state index in [1.165, 1.54) is 4.68 Å². The van der Waals surface area contributed by atoms with E-state index in [4.69, 9.17) is 10.9 Å². The van der Waals surface area contributed by atoms with Crippen molar-refractivity contribution in [2.24, 2.45) is 17.9 Å². The highest BCUT2D eigenvalue weighted by molar-refractivity contribution is 7.99. The van der Waals surface area contributed by atoms with Gasteiger partial charge in [-0.15, -0.1) is 5.10 Å². The molecule has 2 aromatic rings. The van der Waals surface area contributed by atoms with Crippen LogP contribution < -0.4 is 5.73 Å². The number of nitro groups is 1. The largest absolute Gasteiger partial charge is 0.409 e. The SMILES string of the molecule is Cn1nnnc1Sc1ncc([N+](=O)[O-])cc1C(N)=NO. The predicted octanol–water partition coefficient (Wildman–Crippen LogP) is -0.241. The zero-order valence-corrected chi connectivity index (χ0v) is 10.9. The minimum atomic E-state index is -0.626. The van der Waals surface area contributed by atoms with Crippen LogP contribution in [0.25, 0.3) is 0 Å². The average Bonchev–Trinajstić information content (AvgIpc) is 2.83. The first kappa shape index (κ1) is 13.7. The fourth-order valence-corrected chi connectivity index (χ4v) is 2.05. The van der Waals surface area contributed by atoms with Crippen molar-refractivity contribution in [3.8, 4) is 0 Å². The standard InChI is InChI=1S/C8H8N8O3S/c1-15-8(11-13-14-15)20-7-5(6(9)12-17)2-4(3-10-7)16(18)19/h2-3,17H,1H3,(H2,9,12). The van der Waals surface area contributed by atoms with E-state index >= 15 is 0 Å². The Bertz CT molecular complexity index is 684. The van der Waals surface area contributed by atoms with Gasteiger partial charge in [0.1, 0.15) is 11.2 Å². The van der Waals surface area contributed by atoms with Crippen molar-refractivity contribution in [2.45, 2.75) is 10.2 Å². The smallest absolute Gasteiger partial charge is 0.288 e. The summed E-state index contributed by atoms with van der Waals surface area (Å²) in [5, 5.41) is 33.8. The molecule has 0 radical (unpaired) electrons. The third kappa shape index (κ3) is 2.64. The minimum Gasteiger partial charge on any atom is -0.409 e. The van der Waals surface area contributed by atoms with Crippen molar-refractivity contribution in [3.05, 3.63) is 27.9 Å². The summed E-state index contributed by atoms with van der Waals surface area (Å²) >= 11 is 1.03. The zero-order chi connectivity index (χ0) is 14.7. The van der Waals surface area contributed by atoms with Gasteiger partial charge in [0, 0.05) is 13.1 Å². The number of rotatable bonds is 4. The van der Waals surface area contributed by atoms with Gasteiger partial charge in [-0.05, 0) is 22.2 Å². The number of nitrogens with two attached hydrogens (primary N) is 1. The fraction of sp³-hybridized carbons (Fsp3) is 0.125. The zero-order valence-electron chi connectivity index (χ0n) is 10.0. The summed E-state index contributed by atoms with van der Waals surface area (Å²) in [5.74, 6) is -0.293. The number of aryl methyl sites for hydroxylation is 1. The Hall–Kier alpha value is -2.76. The van der Waals surface area contributed by atoms with Crippen LogP contribution in [0.5, 0.6) is 0 Å². The monoisotopic (exact) mass is 296 g/mol. The normalized spacial score (nSPS) is 11.6. The average molecular weight is 296 g/mol. The van der Waals surface area contributed by atoms with Crippen molar-refractivity contribution in [2.75, 3.05) is 0 Å². The first-order valence-corrected chi connectivity index (χ1v) is 5.87. The van der Waals surface area contributed by atoms with Crippen LogP contribution in [0, 0.1) is 10.1 Å². The quantitative estimate of drug-likeness (QED) is 0.255. The second kappa shape index (κ2) is 5.48. The van der Waals surface area contributed by atoms with Crippen LogP contribution in [-0.2, 0) is 7.05 Å². The topological polar surface area (TPSA) is 158 Å². The highest BCUT2D eigenvalue weighted by Crippen LogP contribution is 2.28. The highest BCUT2D eigenvalue weighted by atomic mass is 32.2. The van der Waals surface area contributed by atoms with E-state index in [1.807, 2.05) is 0 Å². The molecule has 0 amide bonds. The molecular formula is C8H8N8O3S. The minimum absolute atomic E-state index is 0.120. The van der Waals surface area contributed by atoms with Crippen molar-refractivity contribution < 1.29 is 10.1 Å². The number of aromatic nitrogens is 5. The second-order valence-corrected chi connectivity index (χ2v) is 4.43. The lowest BCUT2D eigenvalue weighted by atomic mass is 10.2. The Kier molecular flexibility index (Phi) is 3.74. The van der Waals surface area contributed by atoms with E-state index in [9.17, 15) is 10.1 Å². The molecule has 0 fully saturated rings. The first-order valence-electron chi connectivity index (χ1n) is 5.05. The third-order valence-corrected chi connectivity index (χ3v) is 3.25. The van der Waals surface area contributed by atoms with Gasteiger partial charge in [-0.25, -0.2) is 9.67 Å². The summed E-state index contributed by atoms with van der Waals surface area (Å²) in [4.78, 5) is 14.0. The molecular weight excluding hydrogens is 288 g/mol. The Morgan fingerprint density at radius 1 is 1.65 bits per heavy atom. The molecule has 0 aliphatic heterocycles. The molecule has 0 saturated carbocycles. The number of amidine groups is 1. The van der Waals surface area contributed by atoms with Crippen molar-refractivity contribution in [1.29, 1.82) is 0 Å². The number of nitrogens with zero attached hydrogens (tertiary/aromatic N) is 7. The molecule has 104 valence electrons. The molecule has 0 atom stereocenters. The van der Waals surface area contributed by atoms with Gasteiger partial charge in [0.2, 0.25) is 5.16 Å². The number of oxime groups is 1. The molecule has 0 bridgehead atoms. The second-order valence-electron chi connectivity index (χ2n) is 3.48. The van der Waals surface area contributed by atoms with Crippen LogP contribution in [-0.4, -0.2) is 41.2 Å². The summed E-state index contributed by atoms with van der Waals surface area (Å²) in [7, 11) is 1.62. The summed E-state index contributed by atoms with van der Waals surface area (Å²) < 4.78 is 1.39. The summed E-state index contributed by atoms with van der Waals surface area (Å²) in [5.41, 5.74) is 5.35. The molecule has 0 aliphatic rings. The maximum atomic E-state index is 10.7. The maximum Gasteiger partial charge on any atom is 0.288 e. The van der Waals surface area contributed by atoms with E-state index in [0.717, 1.165) is 24.0 Å². The Morgan fingerprint density at radius 2 is 2.40 bits per heavy atom. The van der Waals surface area contributed by atoms with E-state index < -0.39 is 4.92 Å². The summed E-state index contributed by atoms with van der Waals surface area (Å²) in [6, 6.07) is 1.16. The lowest BCUT2D eigenvalue weighted by Gasteiger charge is -2.05. The summed E-state index contributed by atoms with van der Waals surface area (Å²) in [6.07, 6.45) is 1.07. The van der Waals surface area contributed by atoms with Gasteiger partial charge in [-0.2, -0.15) is 0 Å². The molecule has 0 aliphatic carbocycles. The van der Waals surface area contributed by atoms with E-state index in [0.29, 0.717) is 5.16 Å². The number of hydrogen-bond acceptors (Lipinski definition) is 9. The lowest BCUT2D eigenvalue weighted by Crippen LogP contribution is -2.15. The fourth-order valence-electron chi connectivity index (χ4n) is 1.25. The van der Waals surface area contributed by atoms with Gasteiger partial charge in [0.05, 0.1) is 10.5 Å². The molecule has 0 saturated heterocycles. The highest BCUT2D eigenvalue weighted by Gasteiger charge is 2.18. The Labute approximate surface area is 115 Å². The van der Waals surface area contributed by atoms with E-state index in [-0.39, 0.29) is 22.1 Å². The molecule has 20 heavy (non-hydrogen) atoms. The number of hydrogen-bond donors (Lipinski definition) is 2. The van der Waals surface area contributed by atoms with Gasteiger partial charge in [0.25, 0.3) is 5.69 Å². The Balaban J connectivity index is 2.47. The molecule has 0 aromatic carbocycles. The third-order valence-electron chi connectivity index (χ3n) is 2.20. The molecule has 2 heterocycles. The predicted molar refractivity (Wildman–Crippen MR) is 66.3 cm³/mol. The van der Waals surface area contributed by atoms with E-state index in [2.05, 4.69) is 25.7 Å². The van der Waals surface area contributed by atoms with Crippen molar-refractivity contribution >= 4 is 23.3 Å². The molecule has 3 N–H and O–H groups in total. The van der Waals surface area contributed by atoms with Crippen LogP contribution in [0.3, 0.4) is 0 Å². The van der Waals surface area contributed by atoms with Gasteiger partial charge < -0.3 is 10.9 Å². The molecule has 12 heteroatoms. The molecule has 0 unspecified atom stereocenters. The van der Waals surface area contributed by atoms with Crippen LogP contribution in [0.2, 0.25) is 0 Å². The van der Waals surface area contributed by atoms with Crippen molar-refractivity contribution in [1.82, 2.24) is 25.2 Å². The lowest BCUT2D eigenvalue weighted by molar-refractivity contribution is -0.385. The molecule has 11 nitrogen and oxygen atoms in total. The molecule has 0 spiro atoms. The van der Waals surface area contributed by atoms with Crippen molar-refractivity contribution in [3.63, 3.8) is 0 Å². The van der Waals surface area contributed by atoms with Crippen LogP contribution >= 0.6 is 11.8 Å². The Morgan fingerprint density at radius 3 is 2.95 bits per heavy atom. The van der Waals surface area contributed by atoms with Gasteiger partial charge in [-0.3, -0.25) is 10.1 Å². The van der Waals surface area contributed by atoms with Crippen LogP contribution in [0.15, 0.2) is 27.6 Å². The summed E-state index contributed by atoms with van der Waals surface area (Å²) in [6.45, 7) is 0. The van der Waals surface area contributed by atoms with Gasteiger partial charge >= 0.3 is 0 Å². The molecule has 2 rings (SSSR count). The number of pyridine rings is 1. The van der Waals surface area contributed by atoms with Crippen LogP contribution in [0.1, 0.15) is 5.56 Å².